The fourth-order valence-electron chi connectivity index (χ4n) is 1.26. The van der Waals surface area contributed by atoms with E-state index in [4.69, 9.17) is 17.3 Å². The van der Waals surface area contributed by atoms with Gasteiger partial charge in [-0.25, -0.2) is 9.37 Å². The number of anilines is 1. The van der Waals surface area contributed by atoms with Crippen LogP contribution in [-0.4, -0.2) is 9.97 Å². The van der Waals surface area contributed by atoms with Gasteiger partial charge in [-0.2, -0.15) is 0 Å². The fraction of sp³-hybridized carbons (Fsp3) is 0. The number of benzene rings is 1. The van der Waals surface area contributed by atoms with Gasteiger partial charge in [0.25, 0.3) is 5.56 Å². The Balaban J connectivity index is 2.58. The van der Waals surface area contributed by atoms with E-state index in [9.17, 15) is 9.18 Å². The van der Waals surface area contributed by atoms with Crippen molar-refractivity contribution in [1.82, 2.24) is 9.97 Å². The highest BCUT2D eigenvalue weighted by Gasteiger charge is 2.05. The molecule has 0 aliphatic carbocycles. The molecule has 6 heteroatoms. The summed E-state index contributed by atoms with van der Waals surface area (Å²) in [5.41, 5.74) is 5.55. The molecule has 0 saturated carbocycles. The van der Waals surface area contributed by atoms with E-state index in [-0.39, 0.29) is 22.2 Å². The standard InChI is InChI=1S/C10H7ClFN3O/c11-6-3-5(1-2-7(6)12)10-14-8(13)4-9(16)15-10/h1-4H,(H3,13,14,15,16). The van der Waals surface area contributed by atoms with Gasteiger partial charge >= 0.3 is 0 Å². The van der Waals surface area contributed by atoms with Crippen LogP contribution in [0.1, 0.15) is 0 Å². The molecule has 1 heterocycles. The lowest BCUT2D eigenvalue weighted by Crippen LogP contribution is -2.09. The number of aromatic amines is 1. The Morgan fingerprint density at radius 3 is 2.75 bits per heavy atom. The molecular weight excluding hydrogens is 233 g/mol. The molecule has 2 rings (SSSR count). The van der Waals surface area contributed by atoms with Gasteiger partial charge in [-0.1, -0.05) is 11.6 Å². The smallest absolute Gasteiger partial charge is 0.253 e. The third-order valence-corrected chi connectivity index (χ3v) is 2.24. The second-order valence-electron chi connectivity index (χ2n) is 3.15. The second-order valence-corrected chi connectivity index (χ2v) is 3.55. The fourth-order valence-corrected chi connectivity index (χ4v) is 1.44. The van der Waals surface area contributed by atoms with Crippen LogP contribution in [0.15, 0.2) is 29.1 Å². The molecule has 82 valence electrons. The van der Waals surface area contributed by atoms with Crippen LogP contribution < -0.4 is 11.3 Å². The Labute approximate surface area is 94.9 Å². The zero-order valence-corrected chi connectivity index (χ0v) is 8.75. The first kappa shape index (κ1) is 10.6. The Morgan fingerprint density at radius 1 is 1.38 bits per heavy atom. The average molecular weight is 240 g/mol. The third kappa shape index (κ3) is 2.04. The van der Waals surface area contributed by atoms with E-state index in [1.54, 1.807) is 0 Å². The van der Waals surface area contributed by atoms with Crippen molar-refractivity contribution in [3.63, 3.8) is 0 Å². The summed E-state index contributed by atoms with van der Waals surface area (Å²) in [4.78, 5) is 17.6. The van der Waals surface area contributed by atoms with E-state index in [1.807, 2.05) is 0 Å². The van der Waals surface area contributed by atoms with Crippen molar-refractivity contribution >= 4 is 17.4 Å². The van der Waals surface area contributed by atoms with Gasteiger partial charge in [0, 0.05) is 11.6 Å². The first-order valence-corrected chi connectivity index (χ1v) is 4.76. The summed E-state index contributed by atoms with van der Waals surface area (Å²) in [7, 11) is 0. The lowest BCUT2D eigenvalue weighted by atomic mass is 10.2. The second kappa shape index (κ2) is 3.94. The molecule has 16 heavy (non-hydrogen) atoms. The van der Waals surface area contributed by atoms with E-state index in [0.717, 1.165) is 6.07 Å². The van der Waals surface area contributed by atoms with Gasteiger partial charge in [-0.15, -0.1) is 0 Å². The molecule has 0 fully saturated rings. The first-order chi connectivity index (χ1) is 7.56. The predicted molar refractivity (Wildman–Crippen MR) is 59.7 cm³/mol. The number of nitrogens with zero attached hydrogens (tertiary/aromatic N) is 1. The van der Waals surface area contributed by atoms with Gasteiger partial charge in [0.2, 0.25) is 0 Å². The number of halogens is 2. The van der Waals surface area contributed by atoms with Gasteiger partial charge in [-0.3, -0.25) is 4.79 Å². The Bertz CT molecular complexity index is 597. The topological polar surface area (TPSA) is 71.8 Å². The number of hydrogen-bond acceptors (Lipinski definition) is 3. The third-order valence-electron chi connectivity index (χ3n) is 1.95. The number of rotatable bonds is 1. The maximum absolute atomic E-state index is 12.9. The molecule has 0 spiro atoms. The van der Waals surface area contributed by atoms with E-state index in [0.29, 0.717) is 5.56 Å². The molecule has 0 atom stereocenters. The van der Waals surface area contributed by atoms with Crippen molar-refractivity contribution in [2.45, 2.75) is 0 Å². The van der Waals surface area contributed by atoms with Crippen molar-refractivity contribution in [2.75, 3.05) is 5.73 Å². The highest BCUT2D eigenvalue weighted by Crippen LogP contribution is 2.21. The molecule has 0 amide bonds. The van der Waals surface area contributed by atoms with E-state index >= 15 is 0 Å². The number of nitrogen functional groups attached to an aromatic ring is 1. The van der Waals surface area contributed by atoms with Crippen molar-refractivity contribution in [1.29, 1.82) is 0 Å². The number of hydrogen-bond donors (Lipinski definition) is 2. The predicted octanol–water partition coefficient (Wildman–Crippen LogP) is 1.81. The molecule has 2 aromatic rings. The largest absolute Gasteiger partial charge is 0.383 e. The molecular formula is C10H7ClFN3O. The lowest BCUT2D eigenvalue weighted by Gasteiger charge is -2.02. The van der Waals surface area contributed by atoms with Crippen LogP contribution in [0, 0.1) is 5.82 Å². The Hall–Kier alpha value is -1.88. The number of H-pyrrole nitrogens is 1. The van der Waals surface area contributed by atoms with Crippen LogP contribution in [0.5, 0.6) is 0 Å². The minimum absolute atomic E-state index is 0.0393. The minimum Gasteiger partial charge on any atom is -0.383 e. The van der Waals surface area contributed by atoms with Gasteiger partial charge in [0.05, 0.1) is 5.02 Å². The van der Waals surface area contributed by atoms with Gasteiger partial charge in [0.1, 0.15) is 17.5 Å². The molecule has 0 aliphatic heterocycles. The summed E-state index contributed by atoms with van der Waals surface area (Å²) in [5, 5.41) is -0.0393. The van der Waals surface area contributed by atoms with E-state index in [2.05, 4.69) is 9.97 Å². The summed E-state index contributed by atoms with van der Waals surface area (Å²) in [5.74, 6) is -0.178. The first-order valence-electron chi connectivity index (χ1n) is 4.38. The Kier molecular flexibility index (Phi) is 2.62. The van der Waals surface area contributed by atoms with E-state index in [1.165, 1.54) is 18.2 Å². The van der Waals surface area contributed by atoms with Crippen molar-refractivity contribution in [3.05, 3.63) is 45.5 Å². The summed E-state index contributed by atoms with van der Waals surface area (Å²) in [6.07, 6.45) is 0. The highest BCUT2D eigenvalue weighted by atomic mass is 35.5. The summed E-state index contributed by atoms with van der Waals surface area (Å²) in [6, 6.07) is 5.18. The molecule has 0 radical (unpaired) electrons. The van der Waals surface area contributed by atoms with Crippen LogP contribution in [-0.2, 0) is 0 Å². The summed E-state index contributed by atoms with van der Waals surface area (Å²) >= 11 is 5.62. The summed E-state index contributed by atoms with van der Waals surface area (Å²) < 4.78 is 12.9. The van der Waals surface area contributed by atoms with Gasteiger partial charge < -0.3 is 10.7 Å². The van der Waals surface area contributed by atoms with Gasteiger partial charge in [-0.05, 0) is 18.2 Å². The van der Waals surface area contributed by atoms with Crippen LogP contribution in [0.25, 0.3) is 11.4 Å². The van der Waals surface area contributed by atoms with Crippen LogP contribution in [0.4, 0.5) is 10.2 Å². The van der Waals surface area contributed by atoms with E-state index < -0.39 is 5.82 Å². The molecule has 0 saturated heterocycles. The molecule has 0 unspecified atom stereocenters. The van der Waals surface area contributed by atoms with Crippen molar-refractivity contribution < 1.29 is 4.39 Å². The molecule has 1 aromatic carbocycles. The number of aromatic nitrogens is 2. The highest BCUT2D eigenvalue weighted by molar-refractivity contribution is 6.31. The Morgan fingerprint density at radius 2 is 2.12 bits per heavy atom. The number of nitrogens with one attached hydrogen (secondary N) is 1. The number of nitrogens with two attached hydrogens (primary N) is 1. The SMILES string of the molecule is Nc1cc(=O)[nH]c(-c2ccc(F)c(Cl)c2)n1. The molecule has 4 nitrogen and oxygen atoms in total. The zero-order valence-electron chi connectivity index (χ0n) is 8.00. The van der Waals surface area contributed by atoms with Crippen LogP contribution in [0.2, 0.25) is 5.02 Å². The average Bonchev–Trinajstić information content (AvgIpc) is 2.20. The molecule has 0 aliphatic rings. The van der Waals surface area contributed by atoms with Crippen LogP contribution >= 0.6 is 11.6 Å². The van der Waals surface area contributed by atoms with Gasteiger partial charge in [0.15, 0.2) is 0 Å². The summed E-state index contributed by atoms with van der Waals surface area (Å²) in [6.45, 7) is 0. The molecule has 3 N–H and O–H groups in total. The van der Waals surface area contributed by atoms with Crippen molar-refractivity contribution in [2.24, 2.45) is 0 Å². The normalized spacial score (nSPS) is 10.4. The lowest BCUT2D eigenvalue weighted by molar-refractivity contribution is 0.628. The maximum Gasteiger partial charge on any atom is 0.253 e. The minimum atomic E-state index is -0.531. The molecule has 1 aromatic heterocycles. The quantitative estimate of drug-likeness (QED) is 0.797. The molecule has 0 bridgehead atoms. The zero-order chi connectivity index (χ0) is 11.7. The van der Waals surface area contributed by atoms with Crippen molar-refractivity contribution in [3.8, 4) is 11.4 Å². The monoisotopic (exact) mass is 239 g/mol. The maximum atomic E-state index is 12.9. The van der Waals surface area contributed by atoms with Crippen LogP contribution in [0.3, 0.4) is 0 Å².